The summed E-state index contributed by atoms with van der Waals surface area (Å²) < 4.78 is 54.0. The number of fused-ring (bicyclic) bond motifs is 1. The van der Waals surface area contributed by atoms with Crippen LogP contribution in [0.1, 0.15) is 76.3 Å². The van der Waals surface area contributed by atoms with Gasteiger partial charge in [0.2, 0.25) is 5.91 Å². The van der Waals surface area contributed by atoms with E-state index in [1.807, 2.05) is 56.3 Å². The summed E-state index contributed by atoms with van der Waals surface area (Å²) in [7, 11) is -6.30. The highest BCUT2D eigenvalue weighted by Crippen LogP contribution is 2.50. The molecule has 45 heavy (non-hydrogen) atoms. The summed E-state index contributed by atoms with van der Waals surface area (Å²) >= 11 is 0. The third-order valence-corrected chi connectivity index (χ3v) is 13.0. The number of carbonyl (C=O) groups is 2. The maximum absolute atomic E-state index is 13.4. The quantitative estimate of drug-likeness (QED) is 0.280. The highest BCUT2D eigenvalue weighted by Gasteiger charge is 2.40. The minimum atomic E-state index is -3.16. The Morgan fingerprint density at radius 2 is 1.36 bits per heavy atom. The first-order chi connectivity index (χ1) is 21.1. The Balaban J connectivity index is 1.41. The SMILES string of the molecule is CC1(C)C(/C=C/c2ccccc2)=Nc2c(NC(=O)C3CCC(S(C)(=O)=O)CC3)ccc(OC(=O)C3CCC(S(C)(=O)=O)CC3)c21. The number of rotatable bonds is 8. The van der Waals surface area contributed by atoms with Crippen molar-refractivity contribution in [2.75, 3.05) is 17.8 Å². The smallest absolute Gasteiger partial charge is 0.314 e. The number of esters is 1. The maximum atomic E-state index is 13.4. The number of sulfone groups is 2. The Kier molecular flexibility index (Phi) is 9.43. The molecule has 0 saturated heterocycles. The monoisotopic (exact) mass is 654 g/mol. The molecule has 0 radical (unpaired) electrons. The molecule has 0 spiro atoms. The molecule has 1 aliphatic heterocycles. The van der Waals surface area contributed by atoms with Gasteiger partial charge in [-0.1, -0.05) is 36.4 Å². The molecule has 2 aromatic rings. The number of nitrogens with one attached hydrogen (secondary N) is 1. The van der Waals surface area contributed by atoms with Gasteiger partial charge in [0.05, 0.1) is 33.5 Å². The highest BCUT2D eigenvalue weighted by molar-refractivity contribution is 7.91. The van der Waals surface area contributed by atoms with E-state index in [1.165, 1.54) is 12.5 Å². The summed E-state index contributed by atoms with van der Waals surface area (Å²) in [5.74, 6) is -0.925. The van der Waals surface area contributed by atoms with Gasteiger partial charge in [-0.2, -0.15) is 0 Å². The molecule has 1 amide bonds. The maximum Gasteiger partial charge on any atom is 0.314 e. The largest absolute Gasteiger partial charge is 0.426 e. The Hall–Kier alpha value is -3.31. The summed E-state index contributed by atoms with van der Waals surface area (Å²) in [5, 5.41) is 2.20. The first kappa shape index (κ1) is 33.1. The molecule has 3 aliphatic rings. The zero-order valence-electron chi connectivity index (χ0n) is 26.3. The van der Waals surface area contributed by atoms with Crippen LogP contribution in [0, 0.1) is 11.8 Å². The van der Waals surface area contributed by atoms with Crippen molar-refractivity contribution in [1.29, 1.82) is 0 Å². The summed E-state index contributed by atoms with van der Waals surface area (Å²) in [4.78, 5) is 31.7. The van der Waals surface area contributed by atoms with E-state index in [0.29, 0.717) is 74.1 Å². The number of allylic oxidation sites excluding steroid dienone is 1. The van der Waals surface area contributed by atoms with E-state index in [9.17, 15) is 26.4 Å². The number of nitrogens with zero attached hydrogens (tertiary/aromatic N) is 1. The second-order valence-electron chi connectivity index (χ2n) is 13.2. The number of hydrogen-bond acceptors (Lipinski definition) is 8. The fraction of sp³-hybridized carbons (Fsp3) is 0.500. The predicted molar refractivity (Wildman–Crippen MR) is 177 cm³/mol. The molecular weight excluding hydrogens is 613 g/mol. The average molecular weight is 655 g/mol. The summed E-state index contributed by atoms with van der Waals surface area (Å²) in [5.41, 5.74) is 2.79. The Morgan fingerprint density at radius 3 is 1.91 bits per heavy atom. The van der Waals surface area contributed by atoms with Gasteiger partial charge >= 0.3 is 5.97 Å². The topological polar surface area (TPSA) is 136 Å². The zero-order chi connectivity index (χ0) is 32.6. The van der Waals surface area contributed by atoms with Gasteiger partial charge in [0.25, 0.3) is 0 Å². The van der Waals surface area contributed by atoms with Gasteiger partial charge in [0, 0.05) is 29.4 Å². The van der Waals surface area contributed by atoms with Crippen LogP contribution in [0.2, 0.25) is 0 Å². The molecule has 1 heterocycles. The fourth-order valence-corrected chi connectivity index (χ4v) is 9.02. The normalized spacial score (nSPS) is 24.9. The van der Waals surface area contributed by atoms with Crippen molar-refractivity contribution in [3.63, 3.8) is 0 Å². The van der Waals surface area contributed by atoms with Gasteiger partial charge in [-0.05, 0) is 89.0 Å². The lowest BCUT2D eigenvalue weighted by Gasteiger charge is -2.28. The predicted octanol–water partition coefficient (Wildman–Crippen LogP) is 5.81. The van der Waals surface area contributed by atoms with E-state index >= 15 is 0 Å². The lowest BCUT2D eigenvalue weighted by Crippen LogP contribution is -2.32. The van der Waals surface area contributed by atoms with Crippen molar-refractivity contribution in [3.8, 4) is 5.75 Å². The third kappa shape index (κ3) is 7.41. The average Bonchev–Trinajstić information content (AvgIpc) is 3.27. The molecule has 2 fully saturated rings. The van der Waals surface area contributed by atoms with E-state index in [2.05, 4.69) is 5.32 Å². The molecule has 0 unspecified atom stereocenters. The molecule has 0 atom stereocenters. The first-order valence-electron chi connectivity index (χ1n) is 15.5. The van der Waals surface area contributed by atoms with Crippen LogP contribution >= 0.6 is 0 Å². The Labute approximate surface area is 266 Å². The van der Waals surface area contributed by atoms with E-state index in [-0.39, 0.29) is 11.8 Å². The van der Waals surface area contributed by atoms with Gasteiger partial charge in [-0.25, -0.2) is 21.8 Å². The molecule has 2 aromatic carbocycles. The number of hydrogen-bond donors (Lipinski definition) is 1. The van der Waals surface area contributed by atoms with E-state index in [1.54, 1.807) is 12.1 Å². The Morgan fingerprint density at radius 1 is 0.800 bits per heavy atom. The highest BCUT2D eigenvalue weighted by atomic mass is 32.2. The van der Waals surface area contributed by atoms with Gasteiger partial charge < -0.3 is 10.1 Å². The molecule has 0 aromatic heterocycles. The summed E-state index contributed by atoms with van der Waals surface area (Å²) in [6, 6.07) is 13.2. The second-order valence-corrected chi connectivity index (χ2v) is 17.9. The number of anilines is 1. The van der Waals surface area contributed by atoms with Crippen molar-refractivity contribution in [3.05, 3.63) is 59.7 Å². The van der Waals surface area contributed by atoms with Gasteiger partial charge in [-0.15, -0.1) is 0 Å². The van der Waals surface area contributed by atoms with Crippen molar-refractivity contribution in [1.82, 2.24) is 0 Å². The van der Waals surface area contributed by atoms with Crippen molar-refractivity contribution < 1.29 is 31.2 Å². The molecule has 2 saturated carbocycles. The van der Waals surface area contributed by atoms with Gasteiger partial charge in [0.1, 0.15) is 25.4 Å². The van der Waals surface area contributed by atoms with Crippen LogP contribution in [-0.2, 0) is 34.7 Å². The van der Waals surface area contributed by atoms with Crippen LogP contribution in [0.15, 0.2) is 53.5 Å². The first-order valence-corrected chi connectivity index (χ1v) is 19.5. The third-order valence-electron chi connectivity index (χ3n) is 9.60. The molecule has 11 heteroatoms. The number of benzene rings is 2. The minimum Gasteiger partial charge on any atom is -0.426 e. The zero-order valence-corrected chi connectivity index (χ0v) is 27.9. The Bertz CT molecular complexity index is 1730. The van der Waals surface area contributed by atoms with Crippen molar-refractivity contribution in [2.24, 2.45) is 16.8 Å². The van der Waals surface area contributed by atoms with Gasteiger partial charge in [-0.3, -0.25) is 9.59 Å². The lowest BCUT2D eigenvalue weighted by molar-refractivity contribution is -0.140. The molecule has 0 bridgehead atoms. The number of carbonyl (C=O) groups excluding carboxylic acids is 2. The molecule has 5 rings (SSSR count). The molecule has 2 aliphatic carbocycles. The fourth-order valence-electron chi connectivity index (χ4n) is 6.76. The molecule has 1 N–H and O–H groups in total. The number of amides is 1. The van der Waals surface area contributed by atoms with Crippen LogP contribution in [0.4, 0.5) is 11.4 Å². The van der Waals surface area contributed by atoms with E-state index in [4.69, 9.17) is 9.73 Å². The van der Waals surface area contributed by atoms with Gasteiger partial charge in [0.15, 0.2) is 0 Å². The van der Waals surface area contributed by atoms with Crippen LogP contribution in [0.3, 0.4) is 0 Å². The van der Waals surface area contributed by atoms with E-state index < -0.39 is 47.5 Å². The van der Waals surface area contributed by atoms with Crippen molar-refractivity contribution in [2.45, 2.75) is 81.1 Å². The number of aliphatic imine (C=N–C) groups is 1. The van der Waals surface area contributed by atoms with Crippen LogP contribution in [-0.4, -0.2) is 57.4 Å². The standard InChI is InChI=1S/C34H42N2O7S2/c1-34(2)29(21-10-22-8-6-5-7-9-22)36-31-27(35-32(37)23-11-15-25(16-12-23)44(3,39)40)19-20-28(30(31)34)43-33(38)24-13-17-26(18-14-24)45(4,41)42/h5-10,19-21,23-26H,11-18H2,1-4H3,(H,35,37)/b21-10+. The molecule has 9 nitrogen and oxygen atoms in total. The molecule has 242 valence electrons. The van der Waals surface area contributed by atoms with Crippen LogP contribution in [0.5, 0.6) is 5.75 Å². The summed E-state index contributed by atoms with van der Waals surface area (Å²) in [6.07, 6.45) is 10.0. The summed E-state index contributed by atoms with van der Waals surface area (Å²) in [6.45, 7) is 4.00. The van der Waals surface area contributed by atoms with E-state index in [0.717, 1.165) is 11.3 Å². The number of ether oxygens (including phenoxy) is 1. The molecular formula is C34H42N2O7S2. The lowest BCUT2D eigenvalue weighted by atomic mass is 9.80. The van der Waals surface area contributed by atoms with Crippen molar-refractivity contribution >= 4 is 54.7 Å². The second kappa shape index (κ2) is 12.8. The van der Waals surface area contributed by atoms with Crippen LogP contribution in [0.25, 0.3) is 6.08 Å². The van der Waals surface area contributed by atoms with Crippen LogP contribution < -0.4 is 10.1 Å². The minimum absolute atomic E-state index is 0.183.